The van der Waals surface area contributed by atoms with Crippen LogP contribution in [0.3, 0.4) is 0 Å². The smallest absolute Gasteiger partial charge is 0.405 e. The van der Waals surface area contributed by atoms with E-state index in [1.165, 1.54) is 6.07 Å². The van der Waals surface area contributed by atoms with Crippen molar-refractivity contribution >= 4 is 34.6 Å². The highest BCUT2D eigenvalue weighted by Crippen LogP contribution is 2.33. The third-order valence-corrected chi connectivity index (χ3v) is 3.78. The summed E-state index contributed by atoms with van der Waals surface area (Å²) in [6.07, 6.45) is 0. The third-order valence-electron chi connectivity index (χ3n) is 3.78. The van der Waals surface area contributed by atoms with Crippen LogP contribution in [-0.2, 0) is 0 Å². The predicted molar refractivity (Wildman–Crippen MR) is 82.9 cm³/mol. The predicted octanol–water partition coefficient (Wildman–Crippen LogP) is 3.35. The normalized spacial score (nSPS) is 13.0. The lowest BCUT2D eigenvalue weighted by molar-refractivity contribution is 0.509. The van der Waals surface area contributed by atoms with Crippen LogP contribution in [0.5, 0.6) is 0 Å². The van der Waals surface area contributed by atoms with E-state index < -0.39 is 11.6 Å². The highest BCUT2D eigenvalue weighted by atomic mass is 19.2. The lowest BCUT2D eigenvalue weighted by atomic mass is 9.66. The van der Waals surface area contributed by atoms with E-state index in [0.29, 0.717) is 5.46 Å². The Balaban J connectivity index is 1.81. The molecule has 21 heavy (non-hydrogen) atoms. The van der Waals surface area contributed by atoms with Crippen LogP contribution < -0.4 is 15.9 Å². The van der Waals surface area contributed by atoms with E-state index in [1.807, 2.05) is 36.4 Å². The van der Waals surface area contributed by atoms with Crippen LogP contribution >= 0.6 is 0 Å². The number of hydrogen-bond acceptors (Lipinski definition) is 2. The van der Waals surface area contributed by atoms with Gasteiger partial charge in [-0.2, -0.15) is 0 Å². The number of nitrogens with one attached hydrogen (secondary N) is 2. The molecule has 1 aliphatic heterocycles. The second-order valence-electron chi connectivity index (χ2n) is 5.10. The van der Waals surface area contributed by atoms with Crippen molar-refractivity contribution in [2.45, 2.75) is 0 Å². The molecule has 0 spiro atoms. The molecule has 2 N–H and O–H groups in total. The van der Waals surface area contributed by atoms with Gasteiger partial charge in [0.2, 0.25) is 0 Å². The van der Waals surface area contributed by atoms with Crippen molar-refractivity contribution in [3.8, 4) is 0 Å². The van der Waals surface area contributed by atoms with E-state index in [0.717, 1.165) is 28.2 Å². The summed E-state index contributed by atoms with van der Waals surface area (Å²) in [5, 5.41) is 8.89. The molecule has 0 aromatic heterocycles. The van der Waals surface area contributed by atoms with Gasteiger partial charge in [0.05, 0.1) is 0 Å². The maximum absolute atomic E-state index is 13.4. The Labute approximate surface area is 120 Å². The first-order chi connectivity index (χ1) is 10.2. The first-order valence-electron chi connectivity index (χ1n) is 6.72. The Morgan fingerprint density at radius 3 is 2.05 bits per heavy atom. The van der Waals surface area contributed by atoms with Gasteiger partial charge in [-0.25, -0.2) is 8.78 Å². The van der Waals surface area contributed by atoms with Crippen molar-refractivity contribution in [2.75, 3.05) is 10.5 Å². The summed E-state index contributed by atoms with van der Waals surface area (Å²) in [6, 6.07) is 16.0. The summed E-state index contributed by atoms with van der Waals surface area (Å²) in [5.74, 6) is -1.68. The van der Waals surface area contributed by atoms with E-state index in [1.54, 1.807) is 6.07 Å². The van der Waals surface area contributed by atoms with E-state index in [9.17, 15) is 8.78 Å². The Morgan fingerprint density at radius 1 is 0.762 bits per heavy atom. The molecule has 5 heteroatoms. The minimum Gasteiger partial charge on any atom is -0.405 e. The molecule has 0 bridgehead atoms. The highest BCUT2D eigenvalue weighted by molar-refractivity contribution is 6.80. The maximum atomic E-state index is 13.4. The highest BCUT2D eigenvalue weighted by Gasteiger charge is 2.25. The van der Waals surface area contributed by atoms with Crippen molar-refractivity contribution in [2.24, 2.45) is 0 Å². The molecule has 0 amide bonds. The summed E-state index contributed by atoms with van der Waals surface area (Å²) in [4.78, 5) is 0. The summed E-state index contributed by atoms with van der Waals surface area (Å²) < 4.78 is 26.5. The average molecular weight is 280 g/mol. The number of rotatable bonds is 1. The monoisotopic (exact) mass is 280 g/mol. The summed E-state index contributed by atoms with van der Waals surface area (Å²) >= 11 is 0. The van der Waals surface area contributed by atoms with Gasteiger partial charge in [0.25, 0.3) is 0 Å². The summed E-state index contributed by atoms with van der Waals surface area (Å²) in [7, 11) is 0. The molecular weight excluding hydrogens is 269 g/mol. The second kappa shape index (κ2) is 4.48. The lowest BCUT2D eigenvalue weighted by Gasteiger charge is -2.26. The SMILES string of the molecule is Fc1ccc(B2Nc3cccc4cccc(c34)N2)cc1F. The van der Waals surface area contributed by atoms with Gasteiger partial charge in [0, 0.05) is 16.8 Å². The zero-order valence-corrected chi connectivity index (χ0v) is 11.0. The Bertz CT molecular complexity index is 810. The van der Waals surface area contributed by atoms with Crippen molar-refractivity contribution in [1.82, 2.24) is 0 Å². The van der Waals surface area contributed by atoms with Gasteiger partial charge in [-0.3, -0.25) is 0 Å². The quantitative estimate of drug-likeness (QED) is 0.668. The zero-order valence-electron chi connectivity index (χ0n) is 11.0. The van der Waals surface area contributed by atoms with Crippen LogP contribution in [0, 0.1) is 11.6 Å². The Hall–Kier alpha value is -2.56. The molecule has 0 unspecified atom stereocenters. The minimum atomic E-state index is -0.840. The number of benzene rings is 3. The van der Waals surface area contributed by atoms with Crippen molar-refractivity contribution < 1.29 is 8.78 Å². The van der Waals surface area contributed by atoms with Gasteiger partial charge in [0.15, 0.2) is 11.6 Å². The molecule has 0 atom stereocenters. The van der Waals surface area contributed by atoms with E-state index in [-0.39, 0.29) is 6.98 Å². The molecule has 3 aromatic carbocycles. The molecule has 0 radical (unpaired) electrons. The first kappa shape index (κ1) is 12.2. The van der Waals surface area contributed by atoms with Gasteiger partial charge in [-0.1, -0.05) is 30.3 Å². The molecular formula is C16H11BF2N2. The fourth-order valence-electron chi connectivity index (χ4n) is 2.79. The van der Waals surface area contributed by atoms with Crippen LogP contribution in [0.15, 0.2) is 54.6 Å². The fraction of sp³-hybridized carbons (Fsp3) is 0. The number of halogens is 2. The van der Waals surface area contributed by atoms with E-state index in [2.05, 4.69) is 10.5 Å². The van der Waals surface area contributed by atoms with Crippen LogP contribution in [0.25, 0.3) is 10.8 Å². The molecule has 102 valence electrons. The molecule has 0 saturated carbocycles. The molecule has 3 aromatic rings. The van der Waals surface area contributed by atoms with Gasteiger partial charge in [-0.15, -0.1) is 0 Å². The molecule has 4 rings (SSSR count). The lowest BCUT2D eigenvalue weighted by Crippen LogP contribution is -2.48. The first-order valence-corrected chi connectivity index (χ1v) is 6.72. The minimum absolute atomic E-state index is 0.291. The standard InChI is InChI=1S/C16H11BF2N2/c18-12-8-7-11(9-13(12)19)17-20-14-5-1-3-10-4-2-6-15(21-17)16(10)14/h1-9,20-21H. The van der Waals surface area contributed by atoms with E-state index in [4.69, 9.17) is 0 Å². The van der Waals surface area contributed by atoms with Crippen LogP contribution in [0.4, 0.5) is 20.2 Å². The number of hydrogen-bond donors (Lipinski definition) is 2. The molecule has 1 aliphatic rings. The number of anilines is 2. The van der Waals surface area contributed by atoms with Gasteiger partial charge >= 0.3 is 6.98 Å². The van der Waals surface area contributed by atoms with Crippen molar-refractivity contribution in [3.63, 3.8) is 0 Å². The second-order valence-corrected chi connectivity index (χ2v) is 5.10. The molecule has 2 nitrogen and oxygen atoms in total. The average Bonchev–Trinajstić information content (AvgIpc) is 2.50. The Morgan fingerprint density at radius 2 is 1.43 bits per heavy atom. The Kier molecular flexibility index (Phi) is 2.60. The fourth-order valence-corrected chi connectivity index (χ4v) is 2.79. The van der Waals surface area contributed by atoms with Crippen LogP contribution in [-0.4, -0.2) is 6.98 Å². The topological polar surface area (TPSA) is 24.1 Å². The van der Waals surface area contributed by atoms with Gasteiger partial charge in [-0.05, 0) is 35.1 Å². The van der Waals surface area contributed by atoms with Crippen LogP contribution in [0.1, 0.15) is 0 Å². The van der Waals surface area contributed by atoms with Crippen LogP contribution in [0.2, 0.25) is 0 Å². The molecule has 0 saturated heterocycles. The molecule has 0 aliphatic carbocycles. The zero-order chi connectivity index (χ0) is 14.4. The van der Waals surface area contributed by atoms with Gasteiger partial charge < -0.3 is 10.5 Å². The van der Waals surface area contributed by atoms with Gasteiger partial charge in [0.1, 0.15) is 0 Å². The van der Waals surface area contributed by atoms with E-state index >= 15 is 0 Å². The summed E-state index contributed by atoms with van der Waals surface area (Å²) in [5.41, 5.74) is 2.62. The largest absolute Gasteiger partial charge is 0.406 e. The molecule has 1 heterocycles. The molecule has 0 fully saturated rings. The third kappa shape index (κ3) is 1.93. The maximum Gasteiger partial charge on any atom is 0.406 e. The van der Waals surface area contributed by atoms with Crippen molar-refractivity contribution in [3.05, 3.63) is 66.2 Å². The van der Waals surface area contributed by atoms with Crippen molar-refractivity contribution in [1.29, 1.82) is 0 Å². The summed E-state index contributed by atoms with van der Waals surface area (Å²) in [6.45, 7) is -0.291.